The van der Waals surface area contributed by atoms with Gasteiger partial charge in [-0.05, 0) is 73.0 Å². The fourth-order valence-corrected chi connectivity index (χ4v) is 7.08. The van der Waals surface area contributed by atoms with E-state index in [4.69, 9.17) is 32.7 Å². The number of ketones is 1. The number of carbonyl (C=O) groups is 2. The Bertz CT molecular complexity index is 1750. The predicted molar refractivity (Wildman–Crippen MR) is 175 cm³/mol. The van der Waals surface area contributed by atoms with Gasteiger partial charge in [0.2, 0.25) is 5.13 Å². The van der Waals surface area contributed by atoms with E-state index in [1.807, 2.05) is 13.0 Å². The van der Waals surface area contributed by atoms with Crippen LogP contribution in [0.1, 0.15) is 49.4 Å². The summed E-state index contributed by atoms with van der Waals surface area (Å²) in [6, 6.07) is 14.2. The molecule has 0 saturated carbocycles. The van der Waals surface area contributed by atoms with E-state index in [0.717, 1.165) is 41.9 Å². The van der Waals surface area contributed by atoms with Gasteiger partial charge in [-0.2, -0.15) is 0 Å². The Morgan fingerprint density at radius 1 is 1.02 bits per heavy atom. The lowest BCUT2D eigenvalue weighted by atomic mass is 9.95. The molecule has 2 heterocycles. The van der Waals surface area contributed by atoms with E-state index in [-0.39, 0.29) is 16.3 Å². The van der Waals surface area contributed by atoms with Gasteiger partial charge in [0.25, 0.3) is 5.78 Å². The molecule has 1 fully saturated rings. The molecule has 1 amide bonds. The van der Waals surface area contributed by atoms with Crippen molar-refractivity contribution in [2.75, 3.05) is 18.1 Å². The van der Waals surface area contributed by atoms with Crippen LogP contribution in [0.25, 0.3) is 5.76 Å². The number of thioether (sulfide) groups is 1. The molecule has 4 aromatic rings. The van der Waals surface area contributed by atoms with Crippen molar-refractivity contribution < 1.29 is 28.6 Å². The first-order valence-corrected chi connectivity index (χ1v) is 16.6. The highest BCUT2D eigenvalue weighted by atomic mass is 35.5. The third-order valence-electron chi connectivity index (χ3n) is 6.87. The van der Waals surface area contributed by atoms with E-state index in [0.29, 0.717) is 50.4 Å². The number of Topliss-reactive ketones (excluding diaryl/α,β-unsaturated/α-hetero) is 1. The van der Waals surface area contributed by atoms with Crippen molar-refractivity contribution in [2.24, 2.45) is 0 Å². The second kappa shape index (κ2) is 14.6. The third-order valence-corrected chi connectivity index (χ3v) is 9.56. The average molecular weight is 689 g/mol. The molecule has 0 spiro atoms. The predicted octanol–water partition coefficient (Wildman–Crippen LogP) is 8.48. The normalized spacial score (nSPS) is 15.9. The molecule has 1 atom stereocenters. The SMILES string of the molecule is CCCCOc1ccc(C2C(=C(O)c3ccc(F)cc3)C(=O)C(=O)N2c2nnc(SCc3ccc(Cl)cc3Cl)s2)cc1OCC. The number of aliphatic hydroxyl groups excluding tert-OH is 1. The van der Waals surface area contributed by atoms with Crippen LogP contribution >= 0.6 is 46.3 Å². The lowest BCUT2D eigenvalue weighted by Crippen LogP contribution is -2.29. The second-order valence-corrected chi connectivity index (χ2v) is 12.9. The Morgan fingerprint density at radius 3 is 2.51 bits per heavy atom. The highest BCUT2D eigenvalue weighted by molar-refractivity contribution is 8.00. The van der Waals surface area contributed by atoms with Crippen molar-refractivity contribution in [3.63, 3.8) is 0 Å². The van der Waals surface area contributed by atoms with E-state index in [9.17, 15) is 19.1 Å². The van der Waals surface area contributed by atoms with Crippen LogP contribution in [0.3, 0.4) is 0 Å². The molecule has 1 unspecified atom stereocenters. The number of rotatable bonds is 12. The summed E-state index contributed by atoms with van der Waals surface area (Å²) in [5.41, 5.74) is 1.32. The number of hydrogen-bond donors (Lipinski definition) is 1. The summed E-state index contributed by atoms with van der Waals surface area (Å²) < 4.78 is 26.0. The molecule has 5 rings (SSSR count). The minimum absolute atomic E-state index is 0.159. The number of benzene rings is 3. The standard InChI is InChI=1S/C32H28Cl2FN3O5S2/c1-3-5-14-43-24-13-9-19(15-25(24)42-4-2)27-26(28(39)18-7-11-22(35)12-8-18)29(40)30(41)38(27)31-36-37-32(45-31)44-17-20-6-10-21(33)16-23(20)34/h6-13,15-16,27,39H,3-5,14,17H2,1-2H3. The largest absolute Gasteiger partial charge is 0.507 e. The highest BCUT2D eigenvalue weighted by Crippen LogP contribution is 2.46. The van der Waals surface area contributed by atoms with Crippen LogP contribution in [0.5, 0.6) is 11.5 Å². The summed E-state index contributed by atoms with van der Waals surface area (Å²) in [7, 11) is 0. The number of amides is 1. The number of anilines is 1. The summed E-state index contributed by atoms with van der Waals surface area (Å²) in [6.45, 7) is 4.73. The number of hydrogen-bond acceptors (Lipinski definition) is 9. The molecule has 1 aromatic heterocycles. The second-order valence-electron chi connectivity index (χ2n) is 9.89. The van der Waals surface area contributed by atoms with Gasteiger partial charge < -0.3 is 14.6 Å². The molecule has 1 saturated heterocycles. The van der Waals surface area contributed by atoms with Gasteiger partial charge in [-0.3, -0.25) is 14.5 Å². The van der Waals surface area contributed by atoms with Crippen LogP contribution in [0.2, 0.25) is 10.0 Å². The van der Waals surface area contributed by atoms with Gasteiger partial charge in [-0.15, -0.1) is 10.2 Å². The highest BCUT2D eigenvalue weighted by Gasteiger charge is 2.48. The summed E-state index contributed by atoms with van der Waals surface area (Å²) >= 11 is 14.8. The molecule has 0 aliphatic carbocycles. The summed E-state index contributed by atoms with van der Waals surface area (Å²) in [6.07, 6.45) is 1.81. The maximum atomic E-state index is 13.7. The van der Waals surface area contributed by atoms with Gasteiger partial charge in [0, 0.05) is 21.4 Å². The van der Waals surface area contributed by atoms with E-state index in [2.05, 4.69) is 17.1 Å². The molecule has 1 aliphatic heterocycles. The number of aliphatic hydroxyl groups is 1. The molecular formula is C32H28Cl2FN3O5S2. The molecule has 0 radical (unpaired) electrons. The van der Waals surface area contributed by atoms with E-state index >= 15 is 0 Å². The zero-order chi connectivity index (χ0) is 32.1. The summed E-state index contributed by atoms with van der Waals surface area (Å²) in [5.74, 6) is -1.36. The Morgan fingerprint density at radius 2 is 1.80 bits per heavy atom. The van der Waals surface area contributed by atoms with Gasteiger partial charge in [0.05, 0.1) is 24.8 Å². The number of carbonyl (C=O) groups excluding carboxylic acids is 2. The molecule has 1 N–H and O–H groups in total. The number of aromatic nitrogens is 2. The van der Waals surface area contributed by atoms with Crippen molar-refractivity contribution in [1.82, 2.24) is 10.2 Å². The molecule has 1 aliphatic rings. The van der Waals surface area contributed by atoms with Gasteiger partial charge >= 0.3 is 5.91 Å². The van der Waals surface area contributed by atoms with Crippen LogP contribution in [0.15, 0.2) is 70.6 Å². The molecule has 45 heavy (non-hydrogen) atoms. The van der Waals surface area contributed by atoms with E-state index < -0.39 is 29.3 Å². The number of unbranched alkanes of at least 4 members (excludes halogenated alkanes) is 1. The molecule has 234 valence electrons. The van der Waals surface area contributed by atoms with Crippen molar-refractivity contribution in [2.45, 2.75) is 42.8 Å². The molecule has 0 bridgehead atoms. The Hall–Kier alpha value is -3.64. The van der Waals surface area contributed by atoms with Crippen LogP contribution in [-0.4, -0.2) is 40.2 Å². The minimum Gasteiger partial charge on any atom is -0.507 e. The maximum Gasteiger partial charge on any atom is 0.301 e. The van der Waals surface area contributed by atoms with Crippen molar-refractivity contribution in [3.8, 4) is 11.5 Å². The fraction of sp³-hybridized carbons (Fsp3) is 0.250. The Balaban J connectivity index is 1.56. The van der Waals surface area contributed by atoms with Crippen molar-refractivity contribution in [3.05, 3.63) is 98.8 Å². The first kappa shape index (κ1) is 32.7. The number of halogens is 3. The third kappa shape index (κ3) is 7.27. The van der Waals surface area contributed by atoms with Gasteiger partial charge in [0.15, 0.2) is 15.8 Å². The lowest BCUT2D eigenvalue weighted by Gasteiger charge is -2.23. The van der Waals surface area contributed by atoms with Crippen LogP contribution in [0, 0.1) is 5.82 Å². The van der Waals surface area contributed by atoms with Crippen LogP contribution in [0.4, 0.5) is 9.52 Å². The van der Waals surface area contributed by atoms with E-state index in [1.54, 1.807) is 30.3 Å². The van der Waals surface area contributed by atoms with Gasteiger partial charge in [-0.1, -0.05) is 71.8 Å². The zero-order valence-electron chi connectivity index (χ0n) is 24.3. The van der Waals surface area contributed by atoms with Gasteiger partial charge in [-0.25, -0.2) is 4.39 Å². The van der Waals surface area contributed by atoms with Crippen molar-refractivity contribution in [1.29, 1.82) is 0 Å². The lowest BCUT2D eigenvalue weighted by molar-refractivity contribution is -0.132. The topological polar surface area (TPSA) is 102 Å². The molecule has 13 heteroatoms. The molecule has 3 aromatic carbocycles. The van der Waals surface area contributed by atoms with Crippen molar-refractivity contribution >= 4 is 68.9 Å². The fourth-order valence-electron chi connectivity index (χ4n) is 4.65. The van der Waals surface area contributed by atoms with E-state index in [1.165, 1.54) is 28.8 Å². The average Bonchev–Trinajstić information content (AvgIpc) is 3.59. The zero-order valence-corrected chi connectivity index (χ0v) is 27.4. The first-order valence-electron chi connectivity index (χ1n) is 14.1. The Kier molecular flexibility index (Phi) is 10.7. The number of ether oxygens (including phenoxy) is 2. The smallest absolute Gasteiger partial charge is 0.301 e. The summed E-state index contributed by atoms with van der Waals surface area (Å²) in [5, 5.41) is 21.1. The van der Waals surface area contributed by atoms with Crippen LogP contribution < -0.4 is 14.4 Å². The molecule has 8 nitrogen and oxygen atoms in total. The summed E-state index contributed by atoms with van der Waals surface area (Å²) in [4.78, 5) is 28.4. The quantitative estimate of drug-likeness (QED) is 0.0395. The molecular weight excluding hydrogens is 660 g/mol. The van der Waals surface area contributed by atoms with Crippen LogP contribution in [-0.2, 0) is 15.3 Å². The monoisotopic (exact) mass is 687 g/mol. The number of nitrogens with zero attached hydrogens (tertiary/aromatic N) is 3. The Labute approximate surface area is 277 Å². The maximum absolute atomic E-state index is 13.7. The van der Waals surface area contributed by atoms with Gasteiger partial charge in [0.1, 0.15) is 11.6 Å². The minimum atomic E-state index is -1.09. The first-order chi connectivity index (χ1) is 21.7.